The summed E-state index contributed by atoms with van der Waals surface area (Å²) in [6.45, 7) is 2.13. The predicted octanol–water partition coefficient (Wildman–Crippen LogP) is 3.26. The number of hydrogen-bond acceptors (Lipinski definition) is 2. The van der Waals surface area contributed by atoms with Crippen LogP contribution in [0.3, 0.4) is 0 Å². The molecule has 0 saturated carbocycles. The maximum Gasteiger partial charge on any atom is 0.229 e. The minimum absolute atomic E-state index is 0.0585. The van der Waals surface area contributed by atoms with E-state index in [4.69, 9.17) is 0 Å². The van der Waals surface area contributed by atoms with E-state index in [2.05, 4.69) is 5.32 Å². The molecule has 1 N–H and O–H groups in total. The molecule has 1 aliphatic heterocycles. The fourth-order valence-corrected chi connectivity index (χ4v) is 2.81. The van der Waals surface area contributed by atoms with Crippen molar-refractivity contribution < 1.29 is 18.4 Å². The Balaban J connectivity index is 1.73. The number of nitrogens with one attached hydrogen (secondary N) is 1. The van der Waals surface area contributed by atoms with Crippen LogP contribution in [0, 0.1) is 24.5 Å². The fourth-order valence-electron chi connectivity index (χ4n) is 2.81. The Kier molecular flexibility index (Phi) is 4.29. The number of hydrogen-bond donors (Lipinski definition) is 1. The lowest BCUT2D eigenvalue weighted by atomic mass is 10.1. The van der Waals surface area contributed by atoms with E-state index in [1.54, 1.807) is 4.90 Å². The normalized spacial score (nSPS) is 17.2. The topological polar surface area (TPSA) is 49.4 Å². The molecular formula is C18H16F2N2O2. The average molecular weight is 330 g/mol. The van der Waals surface area contributed by atoms with Gasteiger partial charge in [0.1, 0.15) is 11.6 Å². The van der Waals surface area contributed by atoms with Crippen LogP contribution in [0.1, 0.15) is 12.0 Å². The monoisotopic (exact) mass is 330 g/mol. The second-order valence-corrected chi connectivity index (χ2v) is 5.81. The van der Waals surface area contributed by atoms with E-state index < -0.39 is 23.5 Å². The van der Waals surface area contributed by atoms with Crippen LogP contribution < -0.4 is 10.2 Å². The smallest absolute Gasteiger partial charge is 0.229 e. The van der Waals surface area contributed by atoms with Gasteiger partial charge in [-0.2, -0.15) is 0 Å². The number of amides is 2. The summed E-state index contributed by atoms with van der Waals surface area (Å²) in [4.78, 5) is 26.1. The van der Waals surface area contributed by atoms with Crippen LogP contribution in [0.4, 0.5) is 20.2 Å². The number of aryl methyl sites for hydroxylation is 1. The molecule has 2 aromatic rings. The highest BCUT2D eigenvalue weighted by Crippen LogP contribution is 2.28. The Bertz CT molecular complexity index is 807. The van der Waals surface area contributed by atoms with Crippen LogP contribution >= 0.6 is 0 Å². The Morgan fingerprint density at radius 1 is 1.21 bits per heavy atom. The second-order valence-electron chi connectivity index (χ2n) is 5.81. The first kappa shape index (κ1) is 16.1. The molecule has 0 aromatic heterocycles. The molecular weight excluding hydrogens is 314 g/mol. The lowest BCUT2D eigenvalue weighted by molar-refractivity contribution is -0.122. The summed E-state index contributed by atoms with van der Waals surface area (Å²) in [5, 5.41) is 2.43. The van der Waals surface area contributed by atoms with Crippen LogP contribution in [0.5, 0.6) is 0 Å². The van der Waals surface area contributed by atoms with Crippen LogP contribution in [-0.2, 0) is 9.59 Å². The number of nitrogens with zero attached hydrogens (tertiary/aromatic N) is 1. The van der Waals surface area contributed by atoms with Gasteiger partial charge in [-0.25, -0.2) is 8.78 Å². The molecule has 1 saturated heterocycles. The van der Waals surface area contributed by atoms with E-state index in [0.29, 0.717) is 6.07 Å². The molecule has 0 bridgehead atoms. The molecule has 124 valence electrons. The molecule has 0 unspecified atom stereocenters. The number of anilines is 2. The van der Waals surface area contributed by atoms with Gasteiger partial charge in [-0.15, -0.1) is 0 Å². The summed E-state index contributed by atoms with van der Waals surface area (Å²) in [7, 11) is 0. The van der Waals surface area contributed by atoms with E-state index in [0.717, 1.165) is 17.3 Å². The van der Waals surface area contributed by atoms with Gasteiger partial charge in [0.05, 0.1) is 11.6 Å². The minimum Gasteiger partial charge on any atom is -0.323 e. The molecule has 24 heavy (non-hydrogen) atoms. The Morgan fingerprint density at radius 3 is 2.67 bits per heavy atom. The minimum atomic E-state index is -0.844. The summed E-state index contributed by atoms with van der Waals surface area (Å²) in [5.74, 6) is -2.74. The van der Waals surface area contributed by atoms with Gasteiger partial charge in [0.15, 0.2) is 0 Å². The van der Waals surface area contributed by atoms with Crippen molar-refractivity contribution in [3.63, 3.8) is 0 Å². The largest absolute Gasteiger partial charge is 0.323 e. The molecule has 0 spiro atoms. The number of halogens is 2. The third-order valence-corrected chi connectivity index (χ3v) is 4.09. The maximum atomic E-state index is 13.6. The fraction of sp³-hybridized carbons (Fsp3) is 0.222. The molecule has 1 atom stereocenters. The highest BCUT2D eigenvalue weighted by Gasteiger charge is 2.35. The zero-order valence-corrected chi connectivity index (χ0v) is 13.1. The third-order valence-electron chi connectivity index (χ3n) is 4.09. The van der Waals surface area contributed by atoms with Crippen LogP contribution in [0.15, 0.2) is 42.5 Å². The van der Waals surface area contributed by atoms with Crippen molar-refractivity contribution in [2.45, 2.75) is 13.3 Å². The van der Waals surface area contributed by atoms with Gasteiger partial charge in [0, 0.05) is 24.7 Å². The number of para-hydroxylation sites is 1. The van der Waals surface area contributed by atoms with Crippen LogP contribution in [0.25, 0.3) is 0 Å². The Labute approximate surface area is 138 Å². The van der Waals surface area contributed by atoms with Crippen molar-refractivity contribution in [2.24, 2.45) is 5.92 Å². The molecule has 1 aliphatic rings. The molecule has 0 aliphatic carbocycles. The van der Waals surface area contributed by atoms with E-state index >= 15 is 0 Å². The van der Waals surface area contributed by atoms with Crippen molar-refractivity contribution in [2.75, 3.05) is 16.8 Å². The first-order chi connectivity index (χ1) is 11.5. The van der Waals surface area contributed by atoms with Gasteiger partial charge in [-0.3, -0.25) is 9.59 Å². The summed E-state index contributed by atoms with van der Waals surface area (Å²) in [6.07, 6.45) is 0.0585. The van der Waals surface area contributed by atoms with Crippen LogP contribution in [0.2, 0.25) is 0 Å². The molecule has 4 nitrogen and oxygen atoms in total. The van der Waals surface area contributed by atoms with Gasteiger partial charge in [0.25, 0.3) is 0 Å². The van der Waals surface area contributed by atoms with E-state index in [-0.39, 0.29) is 24.6 Å². The summed E-state index contributed by atoms with van der Waals surface area (Å²) < 4.78 is 26.5. The lowest BCUT2D eigenvalue weighted by Crippen LogP contribution is -2.28. The van der Waals surface area contributed by atoms with E-state index in [1.165, 1.54) is 6.07 Å². The molecule has 2 aromatic carbocycles. The highest BCUT2D eigenvalue weighted by molar-refractivity contribution is 6.03. The van der Waals surface area contributed by atoms with Crippen molar-refractivity contribution in [3.8, 4) is 0 Å². The molecule has 0 radical (unpaired) electrons. The van der Waals surface area contributed by atoms with Gasteiger partial charge >= 0.3 is 0 Å². The molecule has 1 heterocycles. The van der Waals surface area contributed by atoms with Crippen molar-refractivity contribution in [1.82, 2.24) is 0 Å². The maximum absolute atomic E-state index is 13.6. The van der Waals surface area contributed by atoms with E-state index in [9.17, 15) is 18.4 Å². The highest BCUT2D eigenvalue weighted by atomic mass is 19.1. The standard InChI is InChI=1S/C18H16F2N2O2/c1-11-4-2-3-5-16(11)22-10-12(8-17(22)23)18(24)21-15-7-6-13(19)9-14(15)20/h2-7,9,12H,8,10H2,1H3,(H,21,24)/t12-/m1/s1. The second kappa shape index (κ2) is 6.39. The number of carbonyl (C=O) groups excluding carboxylic acids is 2. The zero-order chi connectivity index (χ0) is 17.3. The van der Waals surface area contributed by atoms with E-state index in [1.807, 2.05) is 31.2 Å². The quantitative estimate of drug-likeness (QED) is 0.939. The van der Waals surface area contributed by atoms with Crippen molar-refractivity contribution >= 4 is 23.2 Å². The summed E-state index contributed by atoms with van der Waals surface area (Å²) in [6, 6.07) is 10.4. The average Bonchev–Trinajstić information content (AvgIpc) is 2.92. The Hall–Kier alpha value is -2.76. The van der Waals surface area contributed by atoms with Crippen molar-refractivity contribution in [1.29, 1.82) is 0 Å². The van der Waals surface area contributed by atoms with Gasteiger partial charge < -0.3 is 10.2 Å². The number of rotatable bonds is 3. The van der Waals surface area contributed by atoms with Gasteiger partial charge in [-0.05, 0) is 30.7 Å². The Morgan fingerprint density at radius 2 is 1.96 bits per heavy atom. The molecule has 6 heteroatoms. The summed E-state index contributed by atoms with van der Waals surface area (Å²) >= 11 is 0. The van der Waals surface area contributed by atoms with Crippen LogP contribution in [-0.4, -0.2) is 18.4 Å². The lowest BCUT2D eigenvalue weighted by Gasteiger charge is -2.19. The molecule has 1 fully saturated rings. The van der Waals surface area contributed by atoms with Gasteiger partial charge in [0.2, 0.25) is 11.8 Å². The third kappa shape index (κ3) is 3.13. The first-order valence-electron chi connectivity index (χ1n) is 7.57. The molecule has 2 amide bonds. The van der Waals surface area contributed by atoms with Crippen molar-refractivity contribution in [3.05, 3.63) is 59.7 Å². The number of benzene rings is 2. The predicted molar refractivity (Wildman–Crippen MR) is 86.6 cm³/mol. The number of carbonyl (C=O) groups is 2. The van der Waals surface area contributed by atoms with Gasteiger partial charge in [-0.1, -0.05) is 18.2 Å². The molecule has 3 rings (SSSR count). The SMILES string of the molecule is Cc1ccccc1N1C[C@H](C(=O)Nc2ccc(F)cc2F)CC1=O. The first-order valence-corrected chi connectivity index (χ1v) is 7.57. The zero-order valence-electron chi connectivity index (χ0n) is 13.1. The summed E-state index contributed by atoms with van der Waals surface area (Å²) in [5.41, 5.74) is 1.62.